The molecular weight excluding hydrogens is 620 g/mol. The van der Waals surface area contributed by atoms with Crippen molar-refractivity contribution in [3.05, 3.63) is 111 Å². The van der Waals surface area contributed by atoms with E-state index < -0.39 is 17.5 Å². The molecule has 1 aliphatic heterocycles. The monoisotopic (exact) mass is 650 g/mol. The maximum Gasteiger partial charge on any atom is 0.515 e. The standard InChI is InChI=1S/C33H30N8O7/c1-20-27-15-16-30(42)39(32(27)35-21(2)34-20)18-23-11-13-25(14-12-23)28-9-4-5-10-29(28)31-36-38-40(37-31)22(3)47-33(43)48-26-8-6-7-24(17-26)19-46-41(44)45/h4-14,17,22H,15-16,18-19H2,1-3H3. The van der Waals surface area contributed by atoms with Gasteiger partial charge in [-0.2, -0.15) is 0 Å². The van der Waals surface area contributed by atoms with Crippen molar-refractivity contribution in [3.63, 3.8) is 0 Å². The second-order valence-electron chi connectivity index (χ2n) is 11.0. The van der Waals surface area contributed by atoms with E-state index in [-0.39, 0.29) is 18.3 Å². The van der Waals surface area contributed by atoms with Crippen LogP contribution in [0.2, 0.25) is 0 Å². The van der Waals surface area contributed by atoms with E-state index in [1.807, 2.05) is 62.4 Å². The molecule has 3 aromatic carbocycles. The van der Waals surface area contributed by atoms with E-state index in [2.05, 4.69) is 30.2 Å². The second-order valence-corrected chi connectivity index (χ2v) is 11.0. The van der Waals surface area contributed by atoms with E-state index in [9.17, 15) is 19.7 Å². The highest BCUT2D eigenvalue weighted by Crippen LogP contribution is 2.32. The molecule has 3 heterocycles. The Balaban J connectivity index is 1.14. The molecule has 6 rings (SSSR count). The summed E-state index contributed by atoms with van der Waals surface area (Å²) in [6.45, 7) is 5.43. The molecule has 0 saturated heterocycles. The predicted molar refractivity (Wildman–Crippen MR) is 170 cm³/mol. The molecule has 0 aliphatic carbocycles. The van der Waals surface area contributed by atoms with Gasteiger partial charge >= 0.3 is 6.16 Å². The van der Waals surface area contributed by atoms with Crippen molar-refractivity contribution in [2.75, 3.05) is 4.90 Å². The van der Waals surface area contributed by atoms with E-state index in [4.69, 9.17) is 9.47 Å². The fourth-order valence-electron chi connectivity index (χ4n) is 5.40. The number of carbonyl (C=O) groups excluding carboxylic acids is 2. The largest absolute Gasteiger partial charge is 0.515 e. The van der Waals surface area contributed by atoms with Crippen LogP contribution in [0, 0.1) is 24.0 Å². The quantitative estimate of drug-likeness (QED) is 0.0822. The van der Waals surface area contributed by atoms with E-state index in [1.165, 1.54) is 12.1 Å². The van der Waals surface area contributed by atoms with Crippen LogP contribution in [-0.4, -0.2) is 47.3 Å². The number of nitrogens with zero attached hydrogens (tertiary/aromatic N) is 8. The fraction of sp³-hybridized carbons (Fsp3) is 0.242. The van der Waals surface area contributed by atoms with Crippen LogP contribution in [-0.2, 0) is 33.9 Å². The van der Waals surface area contributed by atoms with Gasteiger partial charge in [0, 0.05) is 23.2 Å². The van der Waals surface area contributed by atoms with Crippen molar-refractivity contribution in [2.24, 2.45) is 0 Å². The molecule has 0 radical (unpaired) electrons. The normalized spacial score (nSPS) is 13.1. The number of aryl methyl sites for hydroxylation is 2. The average Bonchev–Trinajstić information content (AvgIpc) is 3.56. The van der Waals surface area contributed by atoms with E-state index in [1.54, 1.807) is 24.0 Å². The van der Waals surface area contributed by atoms with Gasteiger partial charge < -0.3 is 14.3 Å². The summed E-state index contributed by atoms with van der Waals surface area (Å²) in [4.78, 5) is 52.1. The highest BCUT2D eigenvalue weighted by Gasteiger charge is 2.28. The first-order valence-corrected chi connectivity index (χ1v) is 15.0. The Morgan fingerprint density at radius 3 is 2.52 bits per heavy atom. The number of ether oxygens (including phenoxy) is 2. The van der Waals surface area contributed by atoms with Gasteiger partial charge in [0.2, 0.25) is 18.0 Å². The number of anilines is 1. The lowest BCUT2D eigenvalue weighted by atomic mass is 9.98. The minimum Gasteiger partial charge on any atom is -0.407 e. The number of rotatable bonds is 10. The van der Waals surface area contributed by atoms with Crippen molar-refractivity contribution >= 4 is 17.9 Å². The number of hydrogen-bond donors (Lipinski definition) is 0. The maximum atomic E-state index is 12.9. The van der Waals surface area contributed by atoms with Crippen molar-refractivity contribution in [1.29, 1.82) is 0 Å². The van der Waals surface area contributed by atoms with Crippen LogP contribution < -0.4 is 9.64 Å². The number of hydrogen-bond acceptors (Lipinski definition) is 12. The number of amides is 1. The Hall–Kier alpha value is -6.25. The number of carbonyl (C=O) groups is 2. The van der Waals surface area contributed by atoms with Gasteiger partial charge in [0.05, 0.1) is 6.54 Å². The molecule has 15 heteroatoms. The summed E-state index contributed by atoms with van der Waals surface area (Å²) < 4.78 is 10.5. The zero-order chi connectivity index (χ0) is 33.8. The van der Waals surface area contributed by atoms with Crippen LogP contribution in [0.15, 0.2) is 72.8 Å². The van der Waals surface area contributed by atoms with Gasteiger partial charge in [-0.1, -0.05) is 60.7 Å². The molecule has 1 aliphatic rings. The lowest BCUT2D eigenvalue weighted by Crippen LogP contribution is -2.36. The molecule has 48 heavy (non-hydrogen) atoms. The molecular formula is C33H30N8O7. The number of aromatic nitrogens is 6. The first-order chi connectivity index (χ1) is 23.1. The number of fused-ring (bicyclic) bond motifs is 1. The van der Waals surface area contributed by atoms with Crippen LogP contribution >= 0.6 is 0 Å². The second kappa shape index (κ2) is 13.6. The van der Waals surface area contributed by atoms with Gasteiger partial charge in [-0.25, -0.2) is 14.8 Å². The molecule has 0 saturated carbocycles. The van der Waals surface area contributed by atoms with E-state index >= 15 is 0 Å². The van der Waals surface area contributed by atoms with Crippen molar-refractivity contribution < 1.29 is 29.0 Å². The number of benzene rings is 3. The van der Waals surface area contributed by atoms with Crippen molar-refractivity contribution in [3.8, 4) is 28.3 Å². The summed E-state index contributed by atoms with van der Waals surface area (Å²) >= 11 is 0. The topological polar surface area (TPSA) is 178 Å². The van der Waals surface area contributed by atoms with Crippen LogP contribution in [0.5, 0.6) is 5.75 Å². The number of tetrazole rings is 1. The third kappa shape index (κ3) is 7.09. The molecule has 0 N–H and O–H groups in total. The Morgan fingerprint density at radius 2 is 1.75 bits per heavy atom. The molecule has 0 fully saturated rings. The Labute approximate surface area is 274 Å². The van der Waals surface area contributed by atoms with E-state index in [0.29, 0.717) is 48.0 Å². The highest BCUT2D eigenvalue weighted by molar-refractivity contribution is 5.95. The summed E-state index contributed by atoms with van der Waals surface area (Å²) in [6, 6.07) is 21.6. The minimum absolute atomic E-state index is 0.0320. The zero-order valence-corrected chi connectivity index (χ0v) is 26.3. The smallest absolute Gasteiger partial charge is 0.407 e. The average molecular weight is 651 g/mol. The summed E-state index contributed by atoms with van der Waals surface area (Å²) in [5, 5.41) is 22.3. The zero-order valence-electron chi connectivity index (χ0n) is 26.3. The lowest BCUT2D eigenvalue weighted by molar-refractivity contribution is -0.763. The summed E-state index contributed by atoms with van der Waals surface area (Å²) in [5.74, 6) is 1.79. The van der Waals surface area contributed by atoms with Crippen molar-refractivity contribution in [2.45, 2.75) is 53.0 Å². The molecule has 244 valence electrons. The minimum atomic E-state index is -1.03. The SMILES string of the molecule is Cc1nc(C)c2c(n1)N(Cc1ccc(-c3ccccc3-c3nnn(C(C)OC(=O)Oc4cccc(CO[N+](=O)[O-])c4)n3)cc1)C(=O)CC2. The first kappa shape index (κ1) is 31.7. The Bertz CT molecular complexity index is 2000. The Kier molecular flexibility index (Phi) is 9.00. The lowest BCUT2D eigenvalue weighted by Gasteiger charge is -2.29. The fourth-order valence-corrected chi connectivity index (χ4v) is 5.40. The first-order valence-electron chi connectivity index (χ1n) is 15.0. The third-order valence-electron chi connectivity index (χ3n) is 7.68. The third-order valence-corrected chi connectivity index (χ3v) is 7.68. The predicted octanol–water partition coefficient (Wildman–Crippen LogP) is 5.34. The molecule has 1 atom stereocenters. The molecule has 15 nitrogen and oxygen atoms in total. The van der Waals surface area contributed by atoms with Crippen LogP contribution in [0.1, 0.15) is 47.8 Å². The van der Waals surface area contributed by atoms with Gasteiger partial charge in [0.25, 0.3) is 5.09 Å². The Morgan fingerprint density at radius 1 is 0.979 bits per heavy atom. The summed E-state index contributed by atoms with van der Waals surface area (Å²) in [5.41, 5.74) is 5.77. The van der Waals surface area contributed by atoms with Gasteiger partial charge in [-0.05, 0) is 66.8 Å². The molecule has 0 bridgehead atoms. The van der Waals surface area contributed by atoms with Crippen LogP contribution in [0.3, 0.4) is 0 Å². The molecule has 0 spiro atoms. The van der Waals surface area contributed by atoms with Crippen molar-refractivity contribution in [1.82, 2.24) is 30.2 Å². The van der Waals surface area contributed by atoms with E-state index in [0.717, 1.165) is 32.7 Å². The van der Waals surface area contributed by atoms with Gasteiger partial charge in [0.1, 0.15) is 24.0 Å². The van der Waals surface area contributed by atoms with Gasteiger partial charge in [0.15, 0.2) is 0 Å². The molecule has 1 amide bonds. The molecule has 5 aromatic rings. The molecule has 1 unspecified atom stereocenters. The van der Waals surface area contributed by atoms with Gasteiger partial charge in [-0.3, -0.25) is 9.69 Å². The maximum absolute atomic E-state index is 12.9. The molecule has 2 aromatic heterocycles. The highest BCUT2D eigenvalue weighted by atomic mass is 16.9. The summed E-state index contributed by atoms with van der Waals surface area (Å²) in [7, 11) is 0. The van der Waals surface area contributed by atoms with Gasteiger partial charge in [-0.15, -0.1) is 25.1 Å². The van der Waals surface area contributed by atoms with Crippen LogP contribution in [0.25, 0.3) is 22.5 Å². The van der Waals surface area contributed by atoms with Crippen LogP contribution in [0.4, 0.5) is 10.6 Å². The summed E-state index contributed by atoms with van der Waals surface area (Å²) in [6.07, 6.45) is -0.935.